The van der Waals surface area contributed by atoms with Crippen molar-refractivity contribution < 1.29 is 0 Å². The van der Waals surface area contributed by atoms with Crippen LogP contribution in [0.5, 0.6) is 0 Å². The molecule has 0 aliphatic carbocycles. The lowest BCUT2D eigenvalue weighted by molar-refractivity contribution is 0.634. The molecule has 0 saturated heterocycles. The zero-order valence-electron chi connectivity index (χ0n) is 15.3. The SMILES string of the molecule is CCCn1c([C@H](C)c2ccc(CC(C)C)cc2)nc2ccccc21. The minimum Gasteiger partial charge on any atom is -0.327 e. The molecule has 0 aliphatic rings. The lowest BCUT2D eigenvalue weighted by atomic mass is 9.96. The molecule has 0 amide bonds. The molecule has 0 fully saturated rings. The smallest absolute Gasteiger partial charge is 0.117 e. The Morgan fingerprint density at radius 2 is 1.67 bits per heavy atom. The van der Waals surface area contributed by atoms with E-state index in [1.165, 1.54) is 22.5 Å². The summed E-state index contributed by atoms with van der Waals surface area (Å²) in [6.07, 6.45) is 2.26. The second-order valence-electron chi connectivity index (χ2n) is 7.17. The highest BCUT2D eigenvalue weighted by molar-refractivity contribution is 5.76. The molecule has 0 saturated carbocycles. The number of hydrogen-bond acceptors (Lipinski definition) is 1. The molecule has 0 bridgehead atoms. The predicted molar refractivity (Wildman–Crippen MR) is 103 cm³/mol. The number of aryl methyl sites for hydroxylation is 1. The predicted octanol–water partition coefficient (Wildman–Crippen LogP) is 5.80. The number of nitrogens with zero attached hydrogens (tertiary/aromatic N) is 2. The van der Waals surface area contributed by atoms with Crippen LogP contribution in [-0.2, 0) is 13.0 Å². The van der Waals surface area contributed by atoms with E-state index in [4.69, 9.17) is 4.98 Å². The zero-order valence-corrected chi connectivity index (χ0v) is 15.3. The molecule has 0 unspecified atom stereocenters. The Bertz CT molecular complexity index is 796. The number of rotatable bonds is 6. The monoisotopic (exact) mass is 320 g/mol. The molecule has 0 radical (unpaired) electrons. The molecule has 0 aliphatic heterocycles. The summed E-state index contributed by atoms with van der Waals surface area (Å²) in [6.45, 7) is 10.0. The first-order valence-corrected chi connectivity index (χ1v) is 9.14. The van der Waals surface area contributed by atoms with Crippen molar-refractivity contribution in [2.45, 2.75) is 53.0 Å². The van der Waals surface area contributed by atoms with Crippen LogP contribution >= 0.6 is 0 Å². The molecule has 0 N–H and O–H groups in total. The molecule has 3 rings (SSSR count). The Hall–Kier alpha value is -2.09. The van der Waals surface area contributed by atoms with Gasteiger partial charge in [-0.25, -0.2) is 4.98 Å². The van der Waals surface area contributed by atoms with Crippen LogP contribution in [0.1, 0.15) is 57.0 Å². The van der Waals surface area contributed by atoms with Crippen molar-refractivity contribution in [2.75, 3.05) is 0 Å². The summed E-state index contributed by atoms with van der Waals surface area (Å²) in [5.74, 6) is 2.17. The first-order chi connectivity index (χ1) is 11.6. The van der Waals surface area contributed by atoms with E-state index in [2.05, 4.69) is 80.8 Å². The maximum atomic E-state index is 4.94. The Balaban J connectivity index is 1.95. The van der Waals surface area contributed by atoms with Crippen molar-refractivity contribution in [3.8, 4) is 0 Å². The van der Waals surface area contributed by atoms with E-state index in [0.29, 0.717) is 11.8 Å². The minimum atomic E-state index is 0.303. The van der Waals surface area contributed by atoms with Crippen LogP contribution in [0.4, 0.5) is 0 Å². The molecule has 1 heterocycles. The van der Waals surface area contributed by atoms with E-state index in [-0.39, 0.29) is 0 Å². The molecular weight excluding hydrogens is 292 g/mol. The van der Waals surface area contributed by atoms with Crippen molar-refractivity contribution in [1.29, 1.82) is 0 Å². The van der Waals surface area contributed by atoms with E-state index in [0.717, 1.165) is 24.9 Å². The van der Waals surface area contributed by atoms with Gasteiger partial charge in [-0.3, -0.25) is 0 Å². The number of imidazole rings is 1. The molecule has 0 spiro atoms. The van der Waals surface area contributed by atoms with E-state index in [1.54, 1.807) is 0 Å². The van der Waals surface area contributed by atoms with Crippen molar-refractivity contribution in [2.24, 2.45) is 5.92 Å². The highest BCUT2D eigenvalue weighted by Gasteiger charge is 2.17. The maximum absolute atomic E-state index is 4.94. The molecule has 3 aromatic rings. The minimum absolute atomic E-state index is 0.303. The maximum Gasteiger partial charge on any atom is 0.117 e. The fraction of sp³-hybridized carbons (Fsp3) is 0.409. The molecule has 1 atom stereocenters. The van der Waals surface area contributed by atoms with Crippen molar-refractivity contribution in [3.63, 3.8) is 0 Å². The van der Waals surface area contributed by atoms with Gasteiger partial charge in [0.15, 0.2) is 0 Å². The molecule has 2 aromatic carbocycles. The number of aromatic nitrogens is 2. The second kappa shape index (κ2) is 7.21. The fourth-order valence-electron chi connectivity index (χ4n) is 3.45. The number of para-hydroxylation sites is 2. The molecule has 2 nitrogen and oxygen atoms in total. The topological polar surface area (TPSA) is 17.8 Å². The first-order valence-electron chi connectivity index (χ1n) is 9.14. The zero-order chi connectivity index (χ0) is 17.1. The highest BCUT2D eigenvalue weighted by atomic mass is 15.1. The highest BCUT2D eigenvalue weighted by Crippen LogP contribution is 2.28. The summed E-state index contributed by atoms with van der Waals surface area (Å²) >= 11 is 0. The summed E-state index contributed by atoms with van der Waals surface area (Å²) in [6, 6.07) is 17.6. The van der Waals surface area contributed by atoms with E-state index < -0.39 is 0 Å². The van der Waals surface area contributed by atoms with Crippen LogP contribution in [0, 0.1) is 5.92 Å². The number of benzene rings is 2. The summed E-state index contributed by atoms with van der Waals surface area (Å²) in [7, 11) is 0. The average molecular weight is 320 g/mol. The van der Waals surface area contributed by atoms with Gasteiger partial charge in [-0.15, -0.1) is 0 Å². The molecular formula is C22H28N2. The summed E-state index contributed by atoms with van der Waals surface area (Å²) in [5.41, 5.74) is 5.11. The van der Waals surface area contributed by atoms with E-state index >= 15 is 0 Å². The van der Waals surface area contributed by atoms with Gasteiger partial charge in [0.1, 0.15) is 5.82 Å². The van der Waals surface area contributed by atoms with Gasteiger partial charge in [0.2, 0.25) is 0 Å². The fourth-order valence-corrected chi connectivity index (χ4v) is 3.45. The summed E-state index contributed by atoms with van der Waals surface area (Å²) < 4.78 is 2.39. The summed E-state index contributed by atoms with van der Waals surface area (Å²) in [4.78, 5) is 4.94. The lowest BCUT2D eigenvalue weighted by Crippen LogP contribution is -2.08. The Morgan fingerprint density at radius 3 is 2.33 bits per heavy atom. The third-order valence-electron chi connectivity index (χ3n) is 4.64. The quantitative estimate of drug-likeness (QED) is 0.561. The van der Waals surface area contributed by atoms with Crippen molar-refractivity contribution in [1.82, 2.24) is 9.55 Å². The van der Waals surface area contributed by atoms with Crippen molar-refractivity contribution >= 4 is 11.0 Å². The van der Waals surface area contributed by atoms with Crippen LogP contribution in [0.25, 0.3) is 11.0 Å². The third kappa shape index (κ3) is 3.38. The summed E-state index contributed by atoms with van der Waals surface area (Å²) in [5, 5.41) is 0. The van der Waals surface area contributed by atoms with Crippen LogP contribution in [-0.4, -0.2) is 9.55 Å². The van der Waals surface area contributed by atoms with Gasteiger partial charge in [-0.2, -0.15) is 0 Å². The molecule has 126 valence electrons. The van der Waals surface area contributed by atoms with Crippen LogP contribution in [0.2, 0.25) is 0 Å². The number of hydrogen-bond donors (Lipinski definition) is 0. The van der Waals surface area contributed by atoms with Gasteiger partial charge in [-0.05, 0) is 42.0 Å². The van der Waals surface area contributed by atoms with Gasteiger partial charge in [-0.1, -0.05) is 64.1 Å². The Kier molecular flexibility index (Phi) is 5.03. The van der Waals surface area contributed by atoms with E-state index in [1.807, 2.05) is 0 Å². The van der Waals surface area contributed by atoms with Gasteiger partial charge in [0.05, 0.1) is 11.0 Å². The van der Waals surface area contributed by atoms with Crippen molar-refractivity contribution in [3.05, 3.63) is 65.5 Å². The first kappa shape index (κ1) is 16.8. The van der Waals surface area contributed by atoms with Gasteiger partial charge < -0.3 is 4.57 Å². The standard InChI is InChI=1S/C22H28N2/c1-5-14-24-21-9-7-6-8-20(21)23-22(24)17(4)19-12-10-18(11-13-19)15-16(2)3/h6-13,16-17H,5,14-15H2,1-4H3/t17-/m1/s1. The largest absolute Gasteiger partial charge is 0.327 e. The Morgan fingerprint density at radius 1 is 0.958 bits per heavy atom. The molecule has 1 aromatic heterocycles. The Labute approximate surface area is 145 Å². The second-order valence-corrected chi connectivity index (χ2v) is 7.17. The van der Waals surface area contributed by atoms with Crippen LogP contribution < -0.4 is 0 Å². The molecule has 2 heteroatoms. The lowest BCUT2D eigenvalue weighted by Gasteiger charge is -2.15. The van der Waals surface area contributed by atoms with Gasteiger partial charge in [0.25, 0.3) is 0 Å². The van der Waals surface area contributed by atoms with Crippen LogP contribution in [0.3, 0.4) is 0 Å². The number of fused-ring (bicyclic) bond motifs is 1. The van der Waals surface area contributed by atoms with Crippen LogP contribution in [0.15, 0.2) is 48.5 Å². The average Bonchev–Trinajstić information content (AvgIpc) is 2.94. The third-order valence-corrected chi connectivity index (χ3v) is 4.64. The van der Waals surface area contributed by atoms with Gasteiger partial charge >= 0.3 is 0 Å². The van der Waals surface area contributed by atoms with E-state index in [9.17, 15) is 0 Å². The normalized spacial score (nSPS) is 12.9. The van der Waals surface area contributed by atoms with Gasteiger partial charge in [0, 0.05) is 12.5 Å². The molecule has 24 heavy (non-hydrogen) atoms.